The van der Waals surface area contributed by atoms with Crippen LogP contribution in [0.3, 0.4) is 0 Å². The molecule has 0 bridgehead atoms. The lowest BCUT2D eigenvalue weighted by Crippen LogP contribution is -2.30. The molecule has 2 rings (SSSR count). The predicted molar refractivity (Wildman–Crippen MR) is 74.1 cm³/mol. The minimum Gasteiger partial charge on any atom is -0.378 e. The number of nitrogens with zero attached hydrogens (tertiary/aromatic N) is 2. The summed E-state index contributed by atoms with van der Waals surface area (Å²) in [6.45, 7) is 0.777. The van der Waals surface area contributed by atoms with Crippen molar-refractivity contribution in [1.82, 2.24) is 4.98 Å². The number of nitrogens with one attached hydrogen (secondary N) is 1. The molecule has 1 N–H and O–H groups in total. The zero-order chi connectivity index (χ0) is 13.0. The van der Waals surface area contributed by atoms with Crippen molar-refractivity contribution in [3.63, 3.8) is 0 Å². The molecule has 18 heavy (non-hydrogen) atoms. The van der Waals surface area contributed by atoms with Gasteiger partial charge in [0.05, 0.1) is 4.92 Å². The molecule has 0 spiro atoms. The lowest BCUT2D eigenvalue weighted by Gasteiger charge is -2.27. The third kappa shape index (κ3) is 2.75. The van der Waals surface area contributed by atoms with Crippen LogP contribution in [0.5, 0.6) is 0 Å². The van der Waals surface area contributed by atoms with Crippen LogP contribution < -0.4 is 5.32 Å². The maximum absolute atomic E-state index is 10.9. The Bertz CT molecular complexity index is 433. The van der Waals surface area contributed by atoms with Crippen LogP contribution in [0.25, 0.3) is 0 Å². The van der Waals surface area contributed by atoms with Crippen molar-refractivity contribution in [3.05, 3.63) is 28.6 Å². The zero-order valence-electron chi connectivity index (χ0n) is 10.4. The van der Waals surface area contributed by atoms with Crippen LogP contribution in [0.4, 0.5) is 11.4 Å². The van der Waals surface area contributed by atoms with E-state index >= 15 is 0 Å². The van der Waals surface area contributed by atoms with Gasteiger partial charge in [0.2, 0.25) is 0 Å². The van der Waals surface area contributed by atoms with Gasteiger partial charge in [-0.05, 0) is 25.2 Å². The highest BCUT2D eigenvalue weighted by molar-refractivity contribution is 8.00. The van der Waals surface area contributed by atoms with E-state index in [2.05, 4.69) is 16.6 Å². The van der Waals surface area contributed by atoms with Crippen molar-refractivity contribution in [3.8, 4) is 0 Å². The Balaban J connectivity index is 2.08. The number of hydrogen-bond acceptors (Lipinski definition) is 5. The second-order valence-electron chi connectivity index (χ2n) is 4.60. The van der Waals surface area contributed by atoms with Gasteiger partial charge in [0.25, 0.3) is 0 Å². The summed E-state index contributed by atoms with van der Waals surface area (Å²) in [7, 11) is 0. The van der Waals surface area contributed by atoms with Crippen LogP contribution >= 0.6 is 11.8 Å². The Kier molecular flexibility index (Phi) is 4.06. The lowest BCUT2D eigenvalue weighted by molar-refractivity contribution is -0.384. The van der Waals surface area contributed by atoms with E-state index in [1.807, 2.05) is 11.8 Å². The molecule has 1 aromatic rings. The minimum atomic E-state index is -0.393. The molecule has 1 fully saturated rings. The minimum absolute atomic E-state index is 0.0479. The van der Waals surface area contributed by atoms with E-state index in [1.54, 1.807) is 12.3 Å². The Labute approximate surface area is 111 Å². The lowest BCUT2D eigenvalue weighted by atomic mass is 10.1. The number of aromatic nitrogens is 1. The summed E-state index contributed by atoms with van der Waals surface area (Å²) in [6.07, 6.45) is 9.86. The molecule has 98 valence electrons. The highest BCUT2D eigenvalue weighted by atomic mass is 32.2. The number of anilines is 1. The number of nitro groups is 1. The van der Waals surface area contributed by atoms with E-state index in [4.69, 9.17) is 0 Å². The number of thioether (sulfide) groups is 1. The zero-order valence-corrected chi connectivity index (χ0v) is 11.2. The van der Waals surface area contributed by atoms with Crippen molar-refractivity contribution in [1.29, 1.82) is 0 Å². The smallest absolute Gasteiger partial charge is 0.310 e. The summed E-state index contributed by atoms with van der Waals surface area (Å²) in [5, 5.41) is 14.1. The normalized spacial score (nSPS) is 17.6. The third-order valence-corrected chi connectivity index (χ3v) is 4.96. The summed E-state index contributed by atoms with van der Waals surface area (Å²) in [5.74, 6) is 0. The Morgan fingerprint density at radius 3 is 2.89 bits per heavy atom. The van der Waals surface area contributed by atoms with Gasteiger partial charge >= 0.3 is 5.69 Å². The van der Waals surface area contributed by atoms with E-state index in [-0.39, 0.29) is 10.4 Å². The number of hydrogen-bond donors (Lipinski definition) is 1. The molecule has 0 unspecified atom stereocenters. The first-order chi connectivity index (χ1) is 8.67. The molecule has 6 heteroatoms. The first-order valence-electron chi connectivity index (χ1n) is 6.04. The first-order valence-corrected chi connectivity index (χ1v) is 7.27. The molecule has 0 aliphatic heterocycles. The van der Waals surface area contributed by atoms with Gasteiger partial charge in [0.1, 0.15) is 11.9 Å². The van der Waals surface area contributed by atoms with Crippen LogP contribution in [0, 0.1) is 10.1 Å². The quantitative estimate of drug-likeness (QED) is 0.656. The largest absolute Gasteiger partial charge is 0.378 e. The van der Waals surface area contributed by atoms with Crippen LogP contribution in [0.2, 0.25) is 0 Å². The molecule has 0 aromatic carbocycles. The van der Waals surface area contributed by atoms with Crippen molar-refractivity contribution in [2.24, 2.45) is 0 Å². The van der Waals surface area contributed by atoms with Crippen molar-refractivity contribution >= 4 is 23.1 Å². The average molecular weight is 267 g/mol. The second-order valence-corrected chi connectivity index (χ2v) is 5.87. The van der Waals surface area contributed by atoms with Gasteiger partial charge in [-0.1, -0.05) is 12.8 Å². The third-order valence-electron chi connectivity index (χ3n) is 3.55. The average Bonchev–Trinajstić information content (AvgIpc) is 2.86. The van der Waals surface area contributed by atoms with Gasteiger partial charge in [-0.15, -0.1) is 0 Å². The highest BCUT2D eigenvalue weighted by Crippen LogP contribution is 2.40. The van der Waals surface area contributed by atoms with Crippen LogP contribution in [-0.4, -0.2) is 27.5 Å². The van der Waals surface area contributed by atoms with Gasteiger partial charge in [-0.25, -0.2) is 0 Å². The maximum atomic E-state index is 10.9. The summed E-state index contributed by atoms with van der Waals surface area (Å²) in [6, 6.07) is 1.67. The molecule has 1 aliphatic rings. The van der Waals surface area contributed by atoms with E-state index in [0.29, 0.717) is 5.69 Å². The van der Waals surface area contributed by atoms with Crippen LogP contribution in [-0.2, 0) is 0 Å². The Morgan fingerprint density at radius 2 is 2.28 bits per heavy atom. The summed E-state index contributed by atoms with van der Waals surface area (Å²) in [4.78, 5) is 14.3. The number of pyridine rings is 1. The van der Waals surface area contributed by atoms with Crippen LogP contribution in [0.1, 0.15) is 25.7 Å². The summed E-state index contributed by atoms with van der Waals surface area (Å²) < 4.78 is 0.233. The van der Waals surface area contributed by atoms with E-state index in [0.717, 1.165) is 6.54 Å². The van der Waals surface area contributed by atoms with Gasteiger partial charge in [-0.3, -0.25) is 15.1 Å². The molecule has 1 saturated carbocycles. The molecular weight excluding hydrogens is 250 g/mol. The molecule has 0 saturated heterocycles. The fourth-order valence-corrected chi connectivity index (χ4v) is 3.32. The van der Waals surface area contributed by atoms with Gasteiger partial charge in [0.15, 0.2) is 0 Å². The highest BCUT2D eigenvalue weighted by Gasteiger charge is 2.33. The Hall–Kier alpha value is -1.30. The molecule has 0 radical (unpaired) electrons. The SMILES string of the molecule is CSC1(CNc2ccncc2[N+](=O)[O-])CCCC1. The van der Waals surface area contributed by atoms with Gasteiger partial charge in [0, 0.05) is 17.5 Å². The predicted octanol–water partition coefficient (Wildman–Crippen LogP) is 3.08. The fourth-order valence-electron chi connectivity index (χ4n) is 2.41. The first kappa shape index (κ1) is 13.1. The van der Waals surface area contributed by atoms with E-state index < -0.39 is 4.92 Å². The molecule has 1 aliphatic carbocycles. The summed E-state index contributed by atoms with van der Waals surface area (Å²) in [5.41, 5.74) is 0.613. The molecule has 5 nitrogen and oxygen atoms in total. The molecule has 1 heterocycles. The fraction of sp³-hybridized carbons (Fsp3) is 0.583. The van der Waals surface area contributed by atoms with Crippen molar-refractivity contribution in [2.75, 3.05) is 18.1 Å². The summed E-state index contributed by atoms with van der Waals surface area (Å²) >= 11 is 1.87. The monoisotopic (exact) mass is 267 g/mol. The molecule has 1 aromatic heterocycles. The molecular formula is C12H17N3O2S. The molecule has 0 amide bonds. The van der Waals surface area contributed by atoms with Crippen molar-refractivity contribution in [2.45, 2.75) is 30.4 Å². The Morgan fingerprint density at radius 1 is 1.56 bits per heavy atom. The topological polar surface area (TPSA) is 68.1 Å². The van der Waals surface area contributed by atoms with Crippen molar-refractivity contribution < 1.29 is 4.92 Å². The van der Waals surface area contributed by atoms with Crippen LogP contribution in [0.15, 0.2) is 18.5 Å². The van der Waals surface area contributed by atoms with Gasteiger partial charge in [-0.2, -0.15) is 11.8 Å². The molecule has 0 atom stereocenters. The van der Waals surface area contributed by atoms with E-state index in [1.165, 1.54) is 31.9 Å². The maximum Gasteiger partial charge on any atom is 0.310 e. The number of rotatable bonds is 5. The van der Waals surface area contributed by atoms with Gasteiger partial charge < -0.3 is 5.32 Å². The van der Waals surface area contributed by atoms with E-state index in [9.17, 15) is 10.1 Å². The standard InChI is InChI=1S/C12H17N3O2S/c1-18-12(5-2-3-6-12)9-14-10-4-7-13-8-11(10)15(16)17/h4,7-8H,2-3,5-6,9H2,1H3,(H,13,14). The second kappa shape index (κ2) is 5.56.